The van der Waals surface area contributed by atoms with Crippen LogP contribution in [0.5, 0.6) is 0 Å². The molecule has 1 unspecified atom stereocenters. The van der Waals surface area contributed by atoms with Gasteiger partial charge in [0.05, 0.1) is 0 Å². The normalized spacial score (nSPS) is 19.9. The van der Waals surface area contributed by atoms with Crippen LogP contribution in [0.1, 0.15) is 32.6 Å². The lowest BCUT2D eigenvalue weighted by molar-refractivity contribution is -0.138. The molecule has 0 radical (unpaired) electrons. The van der Waals surface area contributed by atoms with Crippen molar-refractivity contribution < 1.29 is 9.59 Å². The van der Waals surface area contributed by atoms with Gasteiger partial charge in [0.15, 0.2) is 0 Å². The SMILES string of the molecule is CCCC(=O)N1CCCC1C(=O)NCCN. The van der Waals surface area contributed by atoms with E-state index >= 15 is 0 Å². The van der Waals surface area contributed by atoms with E-state index in [1.54, 1.807) is 4.90 Å². The second-order valence-electron chi connectivity index (χ2n) is 4.07. The van der Waals surface area contributed by atoms with Crippen molar-refractivity contribution in [3.63, 3.8) is 0 Å². The highest BCUT2D eigenvalue weighted by molar-refractivity contribution is 5.88. The summed E-state index contributed by atoms with van der Waals surface area (Å²) in [5.41, 5.74) is 5.32. The van der Waals surface area contributed by atoms with E-state index in [-0.39, 0.29) is 17.9 Å². The van der Waals surface area contributed by atoms with Gasteiger partial charge in [-0.25, -0.2) is 0 Å². The zero-order valence-corrected chi connectivity index (χ0v) is 9.87. The number of carbonyl (C=O) groups is 2. The Labute approximate surface area is 96.4 Å². The standard InChI is InChI=1S/C11H21N3O2/c1-2-4-10(15)14-8-3-5-9(14)11(16)13-7-6-12/h9H,2-8,12H2,1H3,(H,13,16). The molecule has 1 heterocycles. The summed E-state index contributed by atoms with van der Waals surface area (Å²) < 4.78 is 0. The molecule has 1 aliphatic rings. The molecule has 0 aliphatic carbocycles. The molecule has 5 nitrogen and oxygen atoms in total. The minimum atomic E-state index is -0.273. The number of hydrogen-bond donors (Lipinski definition) is 2. The summed E-state index contributed by atoms with van der Waals surface area (Å²) in [4.78, 5) is 25.2. The van der Waals surface area contributed by atoms with Gasteiger partial charge in [-0.1, -0.05) is 6.92 Å². The van der Waals surface area contributed by atoms with E-state index in [1.165, 1.54) is 0 Å². The van der Waals surface area contributed by atoms with Crippen LogP contribution >= 0.6 is 0 Å². The molecular weight excluding hydrogens is 206 g/mol. The first-order valence-electron chi connectivity index (χ1n) is 5.98. The van der Waals surface area contributed by atoms with Gasteiger partial charge in [-0.15, -0.1) is 0 Å². The number of nitrogens with one attached hydrogen (secondary N) is 1. The Morgan fingerprint density at radius 1 is 1.50 bits per heavy atom. The van der Waals surface area contributed by atoms with Crippen molar-refractivity contribution >= 4 is 11.8 Å². The van der Waals surface area contributed by atoms with Crippen LogP contribution in [0.15, 0.2) is 0 Å². The summed E-state index contributed by atoms with van der Waals surface area (Å²) in [6.45, 7) is 3.59. The number of hydrogen-bond acceptors (Lipinski definition) is 3. The van der Waals surface area contributed by atoms with E-state index in [1.807, 2.05) is 6.92 Å². The molecule has 0 aromatic carbocycles. The lowest BCUT2D eigenvalue weighted by atomic mass is 10.2. The summed E-state index contributed by atoms with van der Waals surface area (Å²) >= 11 is 0. The van der Waals surface area contributed by atoms with Crippen LogP contribution in [-0.4, -0.2) is 42.4 Å². The number of nitrogens with zero attached hydrogens (tertiary/aromatic N) is 1. The average molecular weight is 227 g/mol. The fourth-order valence-corrected chi connectivity index (χ4v) is 2.01. The minimum absolute atomic E-state index is 0.0626. The van der Waals surface area contributed by atoms with Crippen molar-refractivity contribution in [1.29, 1.82) is 0 Å². The monoisotopic (exact) mass is 227 g/mol. The first kappa shape index (κ1) is 13.0. The van der Waals surface area contributed by atoms with Gasteiger partial charge in [0.2, 0.25) is 11.8 Å². The first-order valence-corrected chi connectivity index (χ1v) is 5.98. The maximum atomic E-state index is 11.8. The summed E-state index contributed by atoms with van der Waals surface area (Å²) in [6, 6.07) is -0.273. The van der Waals surface area contributed by atoms with Crippen molar-refractivity contribution in [3.8, 4) is 0 Å². The number of rotatable bonds is 5. The molecule has 1 fully saturated rings. The summed E-state index contributed by atoms with van der Waals surface area (Å²) in [7, 11) is 0. The van der Waals surface area contributed by atoms with E-state index in [9.17, 15) is 9.59 Å². The Morgan fingerprint density at radius 3 is 2.88 bits per heavy atom. The first-order chi connectivity index (χ1) is 7.70. The summed E-state index contributed by atoms with van der Waals surface area (Å²) in [5.74, 6) is 0.0281. The molecule has 0 spiro atoms. The number of likely N-dealkylation sites (tertiary alicyclic amines) is 1. The highest BCUT2D eigenvalue weighted by Crippen LogP contribution is 2.18. The van der Waals surface area contributed by atoms with Crippen LogP contribution in [-0.2, 0) is 9.59 Å². The van der Waals surface area contributed by atoms with Gasteiger partial charge in [0.25, 0.3) is 0 Å². The minimum Gasteiger partial charge on any atom is -0.353 e. The zero-order chi connectivity index (χ0) is 12.0. The van der Waals surface area contributed by atoms with Gasteiger partial charge in [-0.2, -0.15) is 0 Å². The molecule has 1 atom stereocenters. The van der Waals surface area contributed by atoms with Crippen molar-refractivity contribution in [2.24, 2.45) is 5.73 Å². The largest absolute Gasteiger partial charge is 0.353 e. The molecule has 3 N–H and O–H groups in total. The predicted molar refractivity (Wildman–Crippen MR) is 61.7 cm³/mol. The van der Waals surface area contributed by atoms with Gasteiger partial charge >= 0.3 is 0 Å². The highest BCUT2D eigenvalue weighted by Gasteiger charge is 2.32. The highest BCUT2D eigenvalue weighted by atomic mass is 16.2. The Hall–Kier alpha value is -1.10. The maximum Gasteiger partial charge on any atom is 0.242 e. The van der Waals surface area contributed by atoms with Crippen molar-refractivity contribution in [3.05, 3.63) is 0 Å². The fraction of sp³-hybridized carbons (Fsp3) is 0.818. The average Bonchev–Trinajstić information content (AvgIpc) is 2.75. The molecule has 0 aromatic rings. The van der Waals surface area contributed by atoms with Gasteiger partial charge in [-0.05, 0) is 19.3 Å². The van der Waals surface area contributed by atoms with E-state index in [0.717, 1.165) is 19.3 Å². The predicted octanol–water partition coefficient (Wildman–Crippen LogP) is -0.148. The van der Waals surface area contributed by atoms with E-state index in [4.69, 9.17) is 5.73 Å². The molecule has 92 valence electrons. The second-order valence-corrected chi connectivity index (χ2v) is 4.07. The zero-order valence-electron chi connectivity index (χ0n) is 9.87. The van der Waals surface area contributed by atoms with E-state index in [2.05, 4.69) is 5.32 Å². The Bertz CT molecular complexity index is 256. The van der Waals surface area contributed by atoms with Crippen LogP contribution < -0.4 is 11.1 Å². The van der Waals surface area contributed by atoms with Crippen molar-refractivity contribution in [2.45, 2.75) is 38.6 Å². The quantitative estimate of drug-likeness (QED) is 0.686. The molecule has 0 bridgehead atoms. The van der Waals surface area contributed by atoms with E-state index in [0.29, 0.717) is 26.1 Å². The molecule has 1 rings (SSSR count). The lowest BCUT2D eigenvalue weighted by Gasteiger charge is -2.23. The molecule has 1 saturated heterocycles. The maximum absolute atomic E-state index is 11.8. The smallest absolute Gasteiger partial charge is 0.242 e. The molecular formula is C11H21N3O2. The van der Waals surface area contributed by atoms with Gasteiger partial charge in [-0.3, -0.25) is 9.59 Å². The Morgan fingerprint density at radius 2 is 2.25 bits per heavy atom. The van der Waals surface area contributed by atoms with Crippen LogP contribution in [0.25, 0.3) is 0 Å². The van der Waals surface area contributed by atoms with Gasteiger partial charge < -0.3 is 16.0 Å². The third-order valence-electron chi connectivity index (χ3n) is 2.78. The number of carbonyl (C=O) groups excluding carboxylic acids is 2. The van der Waals surface area contributed by atoms with Crippen LogP contribution in [0.3, 0.4) is 0 Å². The third kappa shape index (κ3) is 3.20. The number of nitrogens with two attached hydrogens (primary N) is 1. The lowest BCUT2D eigenvalue weighted by Crippen LogP contribution is -2.46. The third-order valence-corrected chi connectivity index (χ3v) is 2.78. The summed E-state index contributed by atoms with van der Waals surface area (Å²) in [5, 5.41) is 2.74. The van der Waals surface area contributed by atoms with Crippen molar-refractivity contribution in [1.82, 2.24) is 10.2 Å². The van der Waals surface area contributed by atoms with Crippen LogP contribution in [0, 0.1) is 0 Å². The van der Waals surface area contributed by atoms with Gasteiger partial charge in [0.1, 0.15) is 6.04 Å². The van der Waals surface area contributed by atoms with Crippen molar-refractivity contribution in [2.75, 3.05) is 19.6 Å². The molecule has 2 amide bonds. The van der Waals surface area contributed by atoms with Crippen LogP contribution in [0.2, 0.25) is 0 Å². The van der Waals surface area contributed by atoms with E-state index < -0.39 is 0 Å². The molecule has 0 aromatic heterocycles. The Balaban J connectivity index is 2.51. The Kier molecular flexibility index (Phi) is 5.25. The summed E-state index contributed by atoms with van der Waals surface area (Å²) in [6.07, 6.45) is 3.04. The molecule has 16 heavy (non-hydrogen) atoms. The van der Waals surface area contributed by atoms with Crippen LogP contribution in [0.4, 0.5) is 0 Å². The van der Waals surface area contributed by atoms with Gasteiger partial charge in [0, 0.05) is 26.1 Å². The second kappa shape index (κ2) is 6.48. The topological polar surface area (TPSA) is 75.4 Å². The molecule has 0 saturated carbocycles. The molecule has 1 aliphatic heterocycles. The fourth-order valence-electron chi connectivity index (χ4n) is 2.01. The molecule has 5 heteroatoms. The number of amides is 2.